The average Bonchev–Trinajstić information content (AvgIpc) is 3.17. The van der Waals surface area contributed by atoms with Crippen LogP contribution in [0.5, 0.6) is 0 Å². The number of aromatic nitrogens is 2. The Balaban J connectivity index is 1.67. The minimum atomic E-state index is -0.679. The number of thiophene rings is 1. The average molecular weight is 383 g/mol. The number of ether oxygens (including phenoxy) is 1. The second-order valence-electron chi connectivity index (χ2n) is 4.22. The largest absolute Gasteiger partial charge is 0.452 e. The first kappa shape index (κ1) is 14.9. The van der Waals surface area contributed by atoms with E-state index in [2.05, 4.69) is 26.1 Å². The summed E-state index contributed by atoms with van der Waals surface area (Å²) in [4.78, 5) is 16.0. The minimum absolute atomic E-state index is 0.0950. The van der Waals surface area contributed by atoms with E-state index in [0.29, 0.717) is 10.3 Å². The summed E-state index contributed by atoms with van der Waals surface area (Å²) in [6, 6.07) is 5.63. The van der Waals surface area contributed by atoms with E-state index in [1.165, 1.54) is 23.5 Å². The Hall–Kier alpha value is -2.06. The molecule has 0 bridgehead atoms. The van der Waals surface area contributed by atoms with Gasteiger partial charge in [-0.15, -0.1) is 0 Å². The molecule has 0 fully saturated rings. The first-order valence-electron chi connectivity index (χ1n) is 6.11. The quantitative estimate of drug-likeness (QED) is 0.636. The van der Waals surface area contributed by atoms with Gasteiger partial charge in [-0.1, -0.05) is 5.16 Å². The fourth-order valence-electron chi connectivity index (χ4n) is 1.68. The number of halogens is 2. The van der Waals surface area contributed by atoms with E-state index < -0.39 is 11.8 Å². The maximum Gasteiger partial charge on any atom is 0.339 e. The highest BCUT2D eigenvalue weighted by Crippen LogP contribution is 2.21. The smallest absolute Gasteiger partial charge is 0.339 e. The number of carbonyl (C=O) groups excluding carboxylic acids is 1. The molecular weight excluding hydrogens is 375 g/mol. The van der Waals surface area contributed by atoms with Crippen molar-refractivity contribution in [2.24, 2.45) is 0 Å². The predicted molar refractivity (Wildman–Crippen MR) is 80.8 cm³/mol. The molecule has 0 aliphatic rings. The Morgan fingerprint density at radius 2 is 2.27 bits per heavy atom. The molecule has 0 radical (unpaired) electrons. The zero-order valence-corrected chi connectivity index (χ0v) is 13.4. The van der Waals surface area contributed by atoms with Crippen LogP contribution in [0.15, 0.2) is 44.0 Å². The van der Waals surface area contributed by atoms with Gasteiger partial charge in [0.1, 0.15) is 5.82 Å². The minimum Gasteiger partial charge on any atom is -0.452 e. The van der Waals surface area contributed by atoms with Gasteiger partial charge >= 0.3 is 5.97 Å². The number of hydrogen-bond donors (Lipinski definition) is 0. The highest BCUT2D eigenvalue weighted by Gasteiger charge is 2.15. The van der Waals surface area contributed by atoms with E-state index in [1.807, 2.05) is 16.8 Å². The van der Waals surface area contributed by atoms with Gasteiger partial charge in [-0.25, -0.2) is 9.18 Å². The number of hydrogen-bond acceptors (Lipinski definition) is 6. The normalized spacial score (nSPS) is 10.6. The van der Waals surface area contributed by atoms with Crippen molar-refractivity contribution in [2.45, 2.75) is 6.61 Å². The zero-order chi connectivity index (χ0) is 15.5. The number of carbonyl (C=O) groups is 1. The molecule has 0 unspecified atom stereocenters. The molecule has 0 saturated heterocycles. The van der Waals surface area contributed by atoms with Crippen LogP contribution >= 0.6 is 27.3 Å². The lowest BCUT2D eigenvalue weighted by Crippen LogP contribution is -2.06. The molecule has 0 saturated carbocycles. The molecule has 0 N–H and O–H groups in total. The lowest BCUT2D eigenvalue weighted by Gasteiger charge is -2.04. The summed E-state index contributed by atoms with van der Waals surface area (Å²) in [6.45, 7) is -0.182. The van der Waals surface area contributed by atoms with Gasteiger partial charge in [0.15, 0.2) is 6.61 Å². The van der Waals surface area contributed by atoms with E-state index in [1.54, 1.807) is 0 Å². The Labute approximate surface area is 136 Å². The standard InChI is InChI=1S/C14H8BrFN2O3S/c15-11-2-1-9(16)5-10(11)14(19)20-6-12-17-13(18-21-12)8-3-4-22-7-8/h1-5,7H,6H2. The summed E-state index contributed by atoms with van der Waals surface area (Å²) in [7, 11) is 0. The Morgan fingerprint density at radius 3 is 3.05 bits per heavy atom. The predicted octanol–water partition coefficient (Wildman–Crippen LogP) is 4.06. The Morgan fingerprint density at radius 1 is 1.41 bits per heavy atom. The van der Waals surface area contributed by atoms with Crippen LogP contribution in [-0.2, 0) is 11.3 Å². The van der Waals surface area contributed by atoms with Crippen molar-refractivity contribution in [3.63, 3.8) is 0 Å². The summed E-state index contributed by atoms with van der Waals surface area (Å²) in [5, 5.41) is 7.58. The van der Waals surface area contributed by atoms with Gasteiger partial charge in [0.05, 0.1) is 5.56 Å². The van der Waals surface area contributed by atoms with Crippen molar-refractivity contribution in [2.75, 3.05) is 0 Å². The molecule has 5 nitrogen and oxygen atoms in total. The van der Waals surface area contributed by atoms with Crippen molar-refractivity contribution in [3.8, 4) is 11.4 Å². The molecule has 3 rings (SSSR count). The maximum atomic E-state index is 13.2. The lowest BCUT2D eigenvalue weighted by atomic mass is 10.2. The molecule has 3 aromatic rings. The molecule has 0 atom stereocenters. The molecule has 0 aliphatic heterocycles. The van der Waals surface area contributed by atoms with Crippen LogP contribution in [0.25, 0.3) is 11.4 Å². The first-order valence-corrected chi connectivity index (χ1v) is 7.84. The Bertz CT molecular complexity index is 804. The fourth-order valence-corrected chi connectivity index (χ4v) is 2.72. The molecule has 22 heavy (non-hydrogen) atoms. The van der Waals surface area contributed by atoms with Gasteiger partial charge in [-0.05, 0) is 45.6 Å². The van der Waals surface area contributed by atoms with Gasteiger partial charge < -0.3 is 9.26 Å². The second-order valence-corrected chi connectivity index (χ2v) is 5.86. The second kappa shape index (κ2) is 6.37. The summed E-state index contributed by atoms with van der Waals surface area (Å²) in [5.41, 5.74) is 0.928. The van der Waals surface area contributed by atoms with Crippen molar-refractivity contribution >= 4 is 33.2 Å². The van der Waals surface area contributed by atoms with Crippen molar-refractivity contribution in [1.82, 2.24) is 10.1 Å². The first-order chi connectivity index (χ1) is 10.6. The molecular formula is C14H8BrFN2O3S. The third-order valence-electron chi connectivity index (χ3n) is 2.72. The van der Waals surface area contributed by atoms with E-state index in [9.17, 15) is 9.18 Å². The third-order valence-corrected chi connectivity index (χ3v) is 4.10. The van der Waals surface area contributed by atoms with Gasteiger partial charge in [0, 0.05) is 15.4 Å². The third kappa shape index (κ3) is 3.23. The molecule has 2 aromatic heterocycles. The fraction of sp³-hybridized carbons (Fsp3) is 0.0714. The summed E-state index contributed by atoms with van der Waals surface area (Å²) < 4.78 is 23.7. The SMILES string of the molecule is O=C(OCc1nc(-c2ccsc2)no1)c1cc(F)ccc1Br. The highest BCUT2D eigenvalue weighted by molar-refractivity contribution is 9.10. The van der Waals surface area contributed by atoms with Crippen LogP contribution in [0.3, 0.4) is 0 Å². The summed E-state index contributed by atoms with van der Waals surface area (Å²) in [5.74, 6) is -0.601. The molecule has 8 heteroatoms. The molecule has 0 spiro atoms. The summed E-state index contributed by atoms with van der Waals surface area (Å²) in [6.07, 6.45) is 0. The highest BCUT2D eigenvalue weighted by atomic mass is 79.9. The van der Waals surface area contributed by atoms with Crippen LogP contribution in [0, 0.1) is 5.82 Å². The van der Waals surface area contributed by atoms with E-state index >= 15 is 0 Å². The molecule has 0 aliphatic carbocycles. The van der Waals surface area contributed by atoms with Gasteiger partial charge in [-0.3, -0.25) is 0 Å². The van der Waals surface area contributed by atoms with Crippen LogP contribution < -0.4 is 0 Å². The van der Waals surface area contributed by atoms with E-state index in [-0.39, 0.29) is 18.1 Å². The van der Waals surface area contributed by atoms with Crippen LogP contribution in [0.2, 0.25) is 0 Å². The Kier molecular flexibility index (Phi) is 4.30. The molecule has 112 valence electrons. The maximum absolute atomic E-state index is 13.2. The number of esters is 1. The van der Waals surface area contributed by atoms with Crippen molar-refractivity contribution in [3.05, 3.63) is 56.8 Å². The van der Waals surface area contributed by atoms with E-state index in [4.69, 9.17) is 9.26 Å². The zero-order valence-electron chi connectivity index (χ0n) is 11.0. The summed E-state index contributed by atoms with van der Waals surface area (Å²) >= 11 is 4.68. The molecule has 0 amide bonds. The topological polar surface area (TPSA) is 65.2 Å². The van der Waals surface area contributed by atoms with Gasteiger partial charge in [-0.2, -0.15) is 16.3 Å². The van der Waals surface area contributed by atoms with Crippen LogP contribution in [0.4, 0.5) is 4.39 Å². The molecule has 1 aromatic carbocycles. The number of benzene rings is 1. The number of rotatable bonds is 4. The van der Waals surface area contributed by atoms with Crippen molar-refractivity contribution in [1.29, 1.82) is 0 Å². The van der Waals surface area contributed by atoms with E-state index in [0.717, 1.165) is 11.6 Å². The van der Waals surface area contributed by atoms with Crippen LogP contribution in [-0.4, -0.2) is 16.1 Å². The monoisotopic (exact) mass is 382 g/mol. The van der Waals surface area contributed by atoms with Gasteiger partial charge in [0.25, 0.3) is 5.89 Å². The van der Waals surface area contributed by atoms with Gasteiger partial charge in [0.2, 0.25) is 5.82 Å². The molecule has 2 heterocycles. The lowest BCUT2D eigenvalue weighted by molar-refractivity contribution is 0.0428. The van der Waals surface area contributed by atoms with Crippen molar-refractivity contribution < 1.29 is 18.4 Å². The number of nitrogens with zero attached hydrogens (tertiary/aromatic N) is 2. The van der Waals surface area contributed by atoms with Crippen LogP contribution in [0.1, 0.15) is 16.2 Å².